The van der Waals surface area contributed by atoms with E-state index in [9.17, 15) is 10.1 Å². The third-order valence-electron chi connectivity index (χ3n) is 2.86. The Bertz CT molecular complexity index is 830. The predicted octanol–water partition coefficient (Wildman–Crippen LogP) is 2.01. The van der Waals surface area contributed by atoms with Crippen LogP contribution in [0, 0.1) is 17.0 Å². The monoisotopic (exact) mass is 318 g/mol. The summed E-state index contributed by atoms with van der Waals surface area (Å²) in [5, 5.41) is 19.6. The second-order valence-electron chi connectivity index (χ2n) is 4.32. The Hall–Kier alpha value is -2.88. The van der Waals surface area contributed by atoms with Crippen molar-refractivity contribution in [2.45, 2.75) is 17.1 Å². The first-order valence-electron chi connectivity index (χ1n) is 6.09. The molecule has 9 nitrogen and oxygen atoms in total. The van der Waals surface area contributed by atoms with Gasteiger partial charge in [-0.3, -0.25) is 10.1 Å². The first kappa shape index (κ1) is 14.1. The molecule has 0 aliphatic carbocycles. The van der Waals surface area contributed by atoms with Crippen molar-refractivity contribution in [3.8, 4) is 11.6 Å². The summed E-state index contributed by atoms with van der Waals surface area (Å²) < 4.78 is 6.50. The van der Waals surface area contributed by atoms with Gasteiger partial charge in [0.2, 0.25) is 11.0 Å². The Balaban J connectivity index is 1.88. The minimum absolute atomic E-state index is 0.0326. The highest BCUT2D eigenvalue weighted by molar-refractivity contribution is 7.99. The Labute approximate surface area is 128 Å². The summed E-state index contributed by atoms with van der Waals surface area (Å²) in [5.74, 6) is 6.81. The highest BCUT2D eigenvalue weighted by atomic mass is 32.2. The fraction of sp³-hybridized carbons (Fsp3) is 0.0833. The molecule has 0 fully saturated rings. The van der Waals surface area contributed by atoms with Crippen molar-refractivity contribution in [1.29, 1.82) is 0 Å². The number of furan rings is 1. The van der Waals surface area contributed by atoms with Gasteiger partial charge in [0.1, 0.15) is 11.2 Å². The average Bonchev–Trinajstić information content (AvgIpc) is 3.09. The molecule has 0 saturated carbocycles. The van der Waals surface area contributed by atoms with Crippen LogP contribution in [0.4, 0.5) is 5.69 Å². The van der Waals surface area contributed by atoms with Crippen molar-refractivity contribution in [2.75, 3.05) is 5.84 Å². The standard InChI is InChI=1S/C12H10N6O3S/c1-7-5-10(14-6-8(7)18(19)20)22-12-16-15-11(17(12)13)9-3-2-4-21-9/h2-6H,13H2,1H3. The topological polar surface area (TPSA) is 126 Å². The zero-order valence-electron chi connectivity index (χ0n) is 11.3. The molecule has 10 heteroatoms. The first-order chi connectivity index (χ1) is 10.6. The van der Waals surface area contributed by atoms with Crippen LogP contribution in [0.25, 0.3) is 11.6 Å². The molecule has 2 N–H and O–H groups in total. The lowest BCUT2D eigenvalue weighted by atomic mass is 10.3. The Kier molecular flexibility index (Phi) is 3.51. The van der Waals surface area contributed by atoms with Gasteiger partial charge in [-0.2, -0.15) is 0 Å². The van der Waals surface area contributed by atoms with Crippen molar-refractivity contribution in [3.05, 3.63) is 46.3 Å². The van der Waals surface area contributed by atoms with Gasteiger partial charge in [0.15, 0.2) is 5.76 Å². The van der Waals surface area contributed by atoms with Crippen molar-refractivity contribution in [1.82, 2.24) is 19.9 Å². The number of aromatic nitrogens is 4. The Morgan fingerprint density at radius 1 is 1.45 bits per heavy atom. The highest BCUT2D eigenvalue weighted by Gasteiger charge is 2.17. The molecule has 22 heavy (non-hydrogen) atoms. The lowest BCUT2D eigenvalue weighted by Gasteiger charge is -2.02. The summed E-state index contributed by atoms with van der Waals surface area (Å²) in [6.07, 6.45) is 2.72. The highest BCUT2D eigenvalue weighted by Crippen LogP contribution is 2.29. The van der Waals surface area contributed by atoms with Crippen LogP contribution in [-0.2, 0) is 0 Å². The second kappa shape index (κ2) is 5.48. The summed E-state index contributed by atoms with van der Waals surface area (Å²) in [6.45, 7) is 1.64. The van der Waals surface area contributed by atoms with Gasteiger partial charge in [0.25, 0.3) is 5.69 Å². The van der Waals surface area contributed by atoms with Gasteiger partial charge in [-0.25, -0.2) is 9.66 Å². The van der Waals surface area contributed by atoms with Gasteiger partial charge in [-0.15, -0.1) is 10.2 Å². The molecule has 3 rings (SSSR count). The predicted molar refractivity (Wildman–Crippen MR) is 77.6 cm³/mol. The number of pyridine rings is 1. The molecule has 0 bridgehead atoms. The molecule has 0 radical (unpaired) electrons. The molecule has 0 aliphatic rings. The molecular formula is C12H10N6O3S. The van der Waals surface area contributed by atoms with Gasteiger partial charge in [-0.05, 0) is 36.9 Å². The Morgan fingerprint density at radius 3 is 2.91 bits per heavy atom. The maximum absolute atomic E-state index is 10.8. The Morgan fingerprint density at radius 2 is 2.27 bits per heavy atom. The molecule has 3 aromatic rings. The molecular weight excluding hydrogens is 308 g/mol. The van der Waals surface area contributed by atoms with E-state index in [2.05, 4.69) is 15.2 Å². The average molecular weight is 318 g/mol. The zero-order valence-corrected chi connectivity index (χ0v) is 12.1. The van der Waals surface area contributed by atoms with Crippen LogP contribution in [0.3, 0.4) is 0 Å². The van der Waals surface area contributed by atoms with Gasteiger partial charge >= 0.3 is 0 Å². The van der Waals surface area contributed by atoms with Crippen molar-refractivity contribution in [3.63, 3.8) is 0 Å². The van der Waals surface area contributed by atoms with E-state index in [0.717, 1.165) is 11.8 Å². The summed E-state index contributed by atoms with van der Waals surface area (Å²) in [5.41, 5.74) is 0.478. The number of hydrogen-bond donors (Lipinski definition) is 1. The van der Waals surface area contributed by atoms with E-state index < -0.39 is 4.92 Å². The molecule has 3 heterocycles. The quantitative estimate of drug-likeness (QED) is 0.440. The van der Waals surface area contributed by atoms with E-state index in [1.165, 1.54) is 17.1 Å². The number of nitrogens with zero attached hydrogens (tertiary/aromatic N) is 5. The molecule has 0 aliphatic heterocycles. The molecule has 0 aromatic carbocycles. The van der Waals surface area contributed by atoms with Crippen LogP contribution in [0.1, 0.15) is 5.56 Å². The smallest absolute Gasteiger partial charge is 0.290 e. The fourth-order valence-corrected chi connectivity index (χ4v) is 2.58. The van der Waals surface area contributed by atoms with Crippen LogP contribution in [0.2, 0.25) is 0 Å². The molecule has 0 spiro atoms. The largest absolute Gasteiger partial charge is 0.461 e. The van der Waals surface area contributed by atoms with E-state index in [1.54, 1.807) is 25.1 Å². The third kappa shape index (κ3) is 2.51. The van der Waals surface area contributed by atoms with Crippen LogP contribution >= 0.6 is 11.8 Å². The van der Waals surface area contributed by atoms with Crippen LogP contribution in [0.5, 0.6) is 0 Å². The van der Waals surface area contributed by atoms with Crippen LogP contribution < -0.4 is 5.84 Å². The zero-order chi connectivity index (χ0) is 15.7. The van der Waals surface area contributed by atoms with E-state index in [1.807, 2.05) is 0 Å². The van der Waals surface area contributed by atoms with Crippen LogP contribution in [0.15, 0.2) is 45.3 Å². The number of hydrogen-bond acceptors (Lipinski definition) is 8. The van der Waals surface area contributed by atoms with E-state index >= 15 is 0 Å². The van der Waals surface area contributed by atoms with Gasteiger partial charge < -0.3 is 10.3 Å². The lowest BCUT2D eigenvalue weighted by molar-refractivity contribution is -0.385. The summed E-state index contributed by atoms with van der Waals surface area (Å²) >= 11 is 1.16. The molecule has 0 atom stereocenters. The number of nitrogens with two attached hydrogens (primary N) is 1. The maximum atomic E-state index is 10.8. The number of rotatable bonds is 4. The van der Waals surface area contributed by atoms with Crippen molar-refractivity contribution < 1.29 is 9.34 Å². The van der Waals surface area contributed by atoms with Gasteiger partial charge in [-0.1, -0.05) is 0 Å². The third-order valence-corrected chi connectivity index (χ3v) is 3.75. The normalized spacial score (nSPS) is 10.8. The van der Waals surface area contributed by atoms with Gasteiger partial charge in [0, 0.05) is 5.56 Å². The van der Waals surface area contributed by atoms with Crippen LogP contribution in [-0.4, -0.2) is 24.8 Å². The van der Waals surface area contributed by atoms with Crippen molar-refractivity contribution in [2.24, 2.45) is 0 Å². The lowest BCUT2D eigenvalue weighted by Crippen LogP contribution is -2.11. The molecule has 0 saturated heterocycles. The molecule has 112 valence electrons. The van der Waals surface area contributed by atoms with E-state index in [-0.39, 0.29) is 5.69 Å². The van der Waals surface area contributed by atoms with E-state index in [0.29, 0.717) is 27.3 Å². The fourth-order valence-electron chi connectivity index (χ4n) is 1.78. The first-order valence-corrected chi connectivity index (χ1v) is 6.91. The number of nitrogen functional groups attached to an aromatic ring is 1. The summed E-state index contributed by atoms with van der Waals surface area (Å²) in [4.78, 5) is 14.3. The summed E-state index contributed by atoms with van der Waals surface area (Å²) in [7, 11) is 0. The number of aryl methyl sites for hydroxylation is 1. The second-order valence-corrected chi connectivity index (χ2v) is 5.31. The molecule has 3 aromatic heterocycles. The number of nitro groups is 1. The SMILES string of the molecule is Cc1cc(Sc2nnc(-c3ccco3)n2N)ncc1[N+](=O)[O-]. The van der Waals surface area contributed by atoms with Gasteiger partial charge in [0.05, 0.1) is 11.2 Å². The molecule has 0 amide bonds. The molecule has 0 unspecified atom stereocenters. The maximum Gasteiger partial charge on any atom is 0.290 e. The summed E-state index contributed by atoms with van der Waals surface area (Å²) in [6, 6.07) is 5.04. The minimum atomic E-state index is -0.475. The van der Waals surface area contributed by atoms with Crippen molar-refractivity contribution >= 4 is 17.4 Å². The van der Waals surface area contributed by atoms with E-state index in [4.69, 9.17) is 10.3 Å². The minimum Gasteiger partial charge on any atom is -0.461 e.